The van der Waals surface area contributed by atoms with E-state index < -0.39 is 0 Å². The molecular formula is C28H30N4O3. The first-order chi connectivity index (χ1) is 17.0. The fraction of sp³-hybridized carbons (Fsp3) is 0.321. The number of hydrogen-bond donors (Lipinski definition) is 1. The second kappa shape index (κ2) is 9.78. The van der Waals surface area contributed by atoms with E-state index in [1.165, 1.54) is 5.56 Å². The Kier molecular flexibility index (Phi) is 6.40. The summed E-state index contributed by atoms with van der Waals surface area (Å²) in [7, 11) is 0. The van der Waals surface area contributed by atoms with Crippen LogP contribution in [0.2, 0.25) is 0 Å². The highest BCUT2D eigenvalue weighted by Gasteiger charge is 2.30. The Bertz CT molecular complexity index is 1320. The van der Waals surface area contributed by atoms with Gasteiger partial charge in [0.25, 0.3) is 5.91 Å². The number of nitrogens with one attached hydrogen (secondary N) is 1. The van der Waals surface area contributed by atoms with Gasteiger partial charge >= 0.3 is 0 Å². The van der Waals surface area contributed by atoms with Crippen molar-refractivity contribution in [1.82, 2.24) is 14.9 Å². The summed E-state index contributed by atoms with van der Waals surface area (Å²) in [6, 6.07) is 18.4. The second-order valence-corrected chi connectivity index (χ2v) is 9.02. The number of carbonyl (C=O) groups excluding carboxylic acids is 1. The monoisotopic (exact) mass is 470 g/mol. The largest absolute Gasteiger partial charge is 0.494 e. The van der Waals surface area contributed by atoms with Crippen LogP contribution in [0.25, 0.3) is 0 Å². The molecule has 2 aromatic heterocycles. The lowest BCUT2D eigenvalue weighted by atomic mass is 9.82. The lowest BCUT2D eigenvalue weighted by Gasteiger charge is -2.21. The van der Waals surface area contributed by atoms with Crippen LogP contribution in [0.5, 0.6) is 5.75 Å². The minimum absolute atomic E-state index is 0.254. The molecular weight excluding hydrogens is 440 g/mol. The summed E-state index contributed by atoms with van der Waals surface area (Å²) >= 11 is 0. The molecule has 1 aliphatic carbocycles. The second-order valence-electron chi connectivity index (χ2n) is 9.02. The van der Waals surface area contributed by atoms with E-state index in [0.717, 1.165) is 53.3 Å². The van der Waals surface area contributed by atoms with Gasteiger partial charge in [0, 0.05) is 12.0 Å². The van der Waals surface area contributed by atoms with Gasteiger partial charge in [0.05, 0.1) is 30.2 Å². The van der Waals surface area contributed by atoms with Crippen LogP contribution in [-0.4, -0.2) is 27.5 Å². The molecule has 0 saturated carbocycles. The van der Waals surface area contributed by atoms with Gasteiger partial charge in [-0.25, -0.2) is 0 Å². The summed E-state index contributed by atoms with van der Waals surface area (Å²) in [5, 5.41) is 11.9. The Balaban J connectivity index is 1.32. The predicted molar refractivity (Wildman–Crippen MR) is 134 cm³/mol. The SMILES string of the molecule is CCOc1ccc(Cn2nc(C)c(NC(=O)c3noc4c3CC(c3ccccc3)CC4)c2C)cc1. The molecule has 5 rings (SSSR count). The number of aryl methyl sites for hydroxylation is 2. The topological polar surface area (TPSA) is 82.2 Å². The van der Waals surface area contributed by atoms with Gasteiger partial charge in [-0.3, -0.25) is 9.48 Å². The maximum absolute atomic E-state index is 13.3. The number of carbonyl (C=O) groups is 1. The molecule has 1 atom stereocenters. The van der Waals surface area contributed by atoms with Crippen molar-refractivity contribution < 1.29 is 14.1 Å². The van der Waals surface area contributed by atoms with Gasteiger partial charge in [0.15, 0.2) is 5.69 Å². The first kappa shape index (κ1) is 22.9. The number of benzene rings is 2. The van der Waals surface area contributed by atoms with Crippen molar-refractivity contribution in [1.29, 1.82) is 0 Å². The third-order valence-electron chi connectivity index (χ3n) is 6.71. The zero-order valence-electron chi connectivity index (χ0n) is 20.4. The Labute approximate surface area is 205 Å². The van der Waals surface area contributed by atoms with E-state index in [4.69, 9.17) is 9.26 Å². The van der Waals surface area contributed by atoms with E-state index in [-0.39, 0.29) is 5.91 Å². The molecule has 180 valence electrons. The van der Waals surface area contributed by atoms with Crippen molar-refractivity contribution in [2.75, 3.05) is 11.9 Å². The van der Waals surface area contributed by atoms with E-state index >= 15 is 0 Å². The summed E-state index contributed by atoms with van der Waals surface area (Å²) in [5.41, 5.74) is 6.06. The smallest absolute Gasteiger partial charge is 0.278 e. The molecule has 1 unspecified atom stereocenters. The third-order valence-corrected chi connectivity index (χ3v) is 6.71. The van der Waals surface area contributed by atoms with Crippen molar-refractivity contribution in [3.8, 4) is 5.75 Å². The van der Waals surface area contributed by atoms with E-state index in [1.54, 1.807) is 0 Å². The van der Waals surface area contributed by atoms with Crippen molar-refractivity contribution in [3.63, 3.8) is 0 Å². The first-order valence-electron chi connectivity index (χ1n) is 12.1. The summed E-state index contributed by atoms with van der Waals surface area (Å²) in [6.45, 7) is 7.08. The molecule has 1 N–H and O–H groups in total. The minimum atomic E-state index is -0.254. The maximum Gasteiger partial charge on any atom is 0.278 e. The molecule has 0 fully saturated rings. The predicted octanol–water partition coefficient (Wildman–Crippen LogP) is 5.46. The van der Waals surface area contributed by atoms with Crippen molar-refractivity contribution in [3.05, 3.63) is 94.1 Å². The number of nitrogens with zero attached hydrogens (tertiary/aromatic N) is 3. The van der Waals surface area contributed by atoms with Crippen LogP contribution in [-0.2, 0) is 19.4 Å². The Hall–Kier alpha value is -3.87. The highest BCUT2D eigenvalue weighted by Crippen LogP contribution is 2.34. The number of rotatable bonds is 7. The standard InChI is InChI=1S/C28H30N4O3/c1-4-34-23-13-10-20(11-14-23)17-32-19(3)26(18(2)30-32)29-28(33)27-24-16-22(12-15-25(24)35-31-27)21-8-6-5-7-9-21/h5-11,13-14,22H,4,12,15-17H2,1-3H3,(H,29,33). The minimum Gasteiger partial charge on any atom is -0.494 e. The summed E-state index contributed by atoms with van der Waals surface area (Å²) in [4.78, 5) is 13.3. The van der Waals surface area contributed by atoms with Gasteiger partial charge in [-0.2, -0.15) is 5.10 Å². The van der Waals surface area contributed by atoms with E-state index in [9.17, 15) is 4.79 Å². The van der Waals surface area contributed by atoms with Crippen LogP contribution >= 0.6 is 0 Å². The molecule has 0 radical (unpaired) electrons. The third kappa shape index (κ3) is 4.71. The highest BCUT2D eigenvalue weighted by molar-refractivity contribution is 6.04. The van der Waals surface area contributed by atoms with Gasteiger partial charge in [-0.1, -0.05) is 47.6 Å². The number of fused-ring (bicyclic) bond motifs is 1. The van der Waals surface area contributed by atoms with Crippen molar-refractivity contribution >= 4 is 11.6 Å². The highest BCUT2D eigenvalue weighted by atomic mass is 16.5. The normalized spacial score (nSPS) is 15.0. The molecule has 0 spiro atoms. The van der Waals surface area contributed by atoms with Crippen LogP contribution in [0.3, 0.4) is 0 Å². The first-order valence-corrected chi connectivity index (χ1v) is 12.1. The molecule has 7 heteroatoms. The van der Waals surface area contributed by atoms with E-state index in [2.05, 4.69) is 39.8 Å². The van der Waals surface area contributed by atoms with Crippen LogP contribution < -0.4 is 10.1 Å². The fourth-order valence-corrected chi connectivity index (χ4v) is 4.83. The number of hydrogen-bond acceptors (Lipinski definition) is 5. The quantitative estimate of drug-likeness (QED) is 0.388. The molecule has 1 aliphatic rings. The number of ether oxygens (including phenoxy) is 1. The van der Waals surface area contributed by atoms with E-state index in [0.29, 0.717) is 30.5 Å². The summed E-state index contributed by atoms with van der Waals surface area (Å²) < 4.78 is 13.0. The lowest BCUT2D eigenvalue weighted by molar-refractivity contribution is 0.101. The Morgan fingerprint density at radius 1 is 1.14 bits per heavy atom. The molecule has 2 aromatic carbocycles. The molecule has 2 heterocycles. The molecule has 4 aromatic rings. The van der Waals surface area contributed by atoms with Crippen LogP contribution in [0.1, 0.15) is 63.6 Å². The van der Waals surface area contributed by atoms with Gasteiger partial charge in [-0.05, 0) is 62.8 Å². The van der Waals surface area contributed by atoms with Gasteiger partial charge in [0.2, 0.25) is 0 Å². The number of aromatic nitrogens is 3. The van der Waals surface area contributed by atoms with Crippen LogP contribution in [0, 0.1) is 13.8 Å². The fourth-order valence-electron chi connectivity index (χ4n) is 4.83. The molecule has 0 aliphatic heterocycles. The van der Waals surface area contributed by atoms with Crippen LogP contribution in [0.4, 0.5) is 5.69 Å². The molecule has 35 heavy (non-hydrogen) atoms. The molecule has 0 saturated heterocycles. The molecule has 0 bridgehead atoms. The van der Waals surface area contributed by atoms with Crippen LogP contribution in [0.15, 0.2) is 59.1 Å². The van der Waals surface area contributed by atoms with Gasteiger partial charge in [-0.15, -0.1) is 0 Å². The summed E-state index contributed by atoms with van der Waals surface area (Å²) in [5.74, 6) is 1.77. The number of amides is 1. The van der Waals surface area contributed by atoms with Gasteiger partial charge in [0.1, 0.15) is 11.5 Å². The van der Waals surface area contributed by atoms with E-state index in [1.807, 2.05) is 55.8 Å². The zero-order valence-corrected chi connectivity index (χ0v) is 20.4. The van der Waals surface area contributed by atoms with Gasteiger partial charge < -0.3 is 14.6 Å². The average molecular weight is 471 g/mol. The number of anilines is 1. The van der Waals surface area contributed by atoms with Crippen molar-refractivity contribution in [2.45, 2.75) is 52.5 Å². The lowest BCUT2D eigenvalue weighted by Crippen LogP contribution is -2.19. The zero-order chi connectivity index (χ0) is 24.4. The van der Waals surface area contributed by atoms with Crippen molar-refractivity contribution in [2.24, 2.45) is 0 Å². The maximum atomic E-state index is 13.3. The molecule has 1 amide bonds. The Morgan fingerprint density at radius 2 is 1.91 bits per heavy atom. The summed E-state index contributed by atoms with van der Waals surface area (Å²) in [6.07, 6.45) is 2.53. The average Bonchev–Trinajstić information content (AvgIpc) is 3.42. The molecule has 7 nitrogen and oxygen atoms in total. The Morgan fingerprint density at radius 3 is 2.66 bits per heavy atom.